The quantitative estimate of drug-likeness (QED) is 0.714. The summed E-state index contributed by atoms with van der Waals surface area (Å²) in [5, 5.41) is 0. The normalized spacial score (nSPS) is 21.5. The highest BCUT2D eigenvalue weighted by atomic mass is 16.6. The summed E-state index contributed by atoms with van der Waals surface area (Å²) < 4.78 is 11.5. The summed E-state index contributed by atoms with van der Waals surface area (Å²) in [5.74, 6) is 1.96. The fraction of sp³-hybridized carbons (Fsp3) is 0.500. The summed E-state index contributed by atoms with van der Waals surface area (Å²) in [6, 6.07) is 8.64. The van der Waals surface area contributed by atoms with E-state index in [9.17, 15) is 0 Å². The van der Waals surface area contributed by atoms with E-state index in [1.807, 2.05) is 0 Å². The van der Waals surface area contributed by atoms with Gasteiger partial charge in [0.15, 0.2) is 5.88 Å². The zero-order valence-electron chi connectivity index (χ0n) is 18.8. The SMILES string of the molecule is C=C(OC1CCOC1)N1CCc2ccc(-c3cc(N4CCN(C)CC4)nc(N)n3)cc2C1. The van der Waals surface area contributed by atoms with Crippen LogP contribution < -0.4 is 10.6 Å². The summed E-state index contributed by atoms with van der Waals surface area (Å²) in [6.07, 6.45) is 2.02. The highest BCUT2D eigenvalue weighted by molar-refractivity contribution is 5.66. The van der Waals surface area contributed by atoms with Crippen LogP contribution in [0.25, 0.3) is 11.3 Å². The molecule has 0 spiro atoms. The molecule has 0 bridgehead atoms. The van der Waals surface area contributed by atoms with Gasteiger partial charge >= 0.3 is 0 Å². The number of fused-ring (bicyclic) bond motifs is 1. The number of aromatic nitrogens is 2. The number of anilines is 2. The Balaban J connectivity index is 1.34. The molecule has 8 heteroatoms. The lowest BCUT2D eigenvalue weighted by Crippen LogP contribution is -2.44. The molecule has 0 amide bonds. The van der Waals surface area contributed by atoms with Crippen molar-refractivity contribution < 1.29 is 9.47 Å². The van der Waals surface area contributed by atoms with Crippen molar-refractivity contribution in [3.8, 4) is 11.3 Å². The zero-order valence-corrected chi connectivity index (χ0v) is 18.8. The third kappa shape index (κ3) is 4.52. The summed E-state index contributed by atoms with van der Waals surface area (Å²) in [5.41, 5.74) is 10.7. The number of rotatable bonds is 5. The second-order valence-corrected chi connectivity index (χ2v) is 8.91. The van der Waals surface area contributed by atoms with Crippen molar-refractivity contribution in [1.29, 1.82) is 0 Å². The predicted octanol–water partition coefficient (Wildman–Crippen LogP) is 2.11. The van der Waals surface area contributed by atoms with E-state index in [0.717, 1.165) is 81.7 Å². The molecule has 8 nitrogen and oxygen atoms in total. The topological polar surface area (TPSA) is 80.0 Å². The van der Waals surface area contributed by atoms with E-state index in [2.05, 4.69) is 62.6 Å². The number of piperazine rings is 1. The number of likely N-dealkylation sites (N-methyl/N-ethyl adjacent to an activating group) is 1. The Kier molecular flexibility index (Phi) is 5.89. The van der Waals surface area contributed by atoms with Gasteiger partial charge in [-0.05, 0) is 37.2 Å². The lowest BCUT2D eigenvalue weighted by molar-refractivity contribution is 0.0382. The van der Waals surface area contributed by atoms with E-state index in [4.69, 9.17) is 15.2 Å². The van der Waals surface area contributed by atoms with Crippen molar-refractivity contribution in [3.63, 3.8) is 0 Å². The number of nitrogens with two attached hydrogens (primary N) is 1. The summed E-state index contributed by atoms with van der Waals surface area (Å²) >= 11 is 0. The Hall–Kier alpha value is -2.84. The molecule has 3 aliphatic heterocycles. The van der Waals surface area contributed by atoms with Crippen LogP contribution in [-0.4, -0.2) is 78.9 Å². The van der Waals surface area contributed by atoms with Crippen LogP contribution in [0.2, 0.25) is 0 Å². The Morgan fingerprint density at radius 2 is 1.97 bits per heavy atom. The maximum absolute atomic E-state index is 6.10. The molecule has 4 heterocycles. The van der Waals surface area contributed by atoms with Crippen molar-refractivity contribution in [1.82, 2.24) is 19.8 Å². The van der Waals surface area contributed by atoms with E-state index in [1.165, 1.54) is 11.1 Å². The van der Waals surface area contributed by atoms with Gasteiger partial charge in [-0.15, -0.1) is 0 Å². The zero-order chi connectivity index (χ0) is 22.1. The molecule has 0 aliphatic carbocycles. The van der Waals surface area contributed by atoms with Gasteiger partial charge in [-0.25, -0.2) is 4.98 Å². The molecule has 2 N–H and O–H groups in total. The minimum absolute atomic E-state index is 0.118. The third-order valence-corrected chi connectivity index (χ3v) is 6.61. The number of hydrogen-bond donors (Lipinski definition) is 1. The molecular formula is C24H32N6O2. The van der Waals surface area contributed by atoms with Gasteiger partial charge in [0.2, 0.25) is 5.95 Å². The first-order valence-electron chi connectivity index (χ1n) is 11.4. The lowest BCUT2D eigenvalue weighted by atomic mass is 9.96. The van der Waals surface area contributed by atoms with Crippen molar-refractivity contribution in [2.75, 3.05) is 63.6 Å². The van der Waals surface area contributed by atoms with Crippen LogP contribution in [0.5, 0.6) is 0 Å². The van der Waals surface area contributed by atoms with Crippen LogP contribution in [0.4, 0.5) is 11.8 Å². The standard InChI is InChI=1S/C24H32N6O2/c1-17(32-21-6-12-31-16-21)30-7-5-18-3-4-19(13-20(18)15-30)22-14-23(27-24(25)26-22)29-10-8-28(2)9-11-29/h3-4,13-14,21H,1,5-12,15-16H2,2H3,(H2,25,26,27). The van der Waals surface area contributed by atoms with Gasteiger partial charge in [0, 0.05) is 57.3 Å². The average Bonchev–Trinajstić information content (AvgIpc) is 3.31. The van der Waals surface area contributed by atoms with Crippen LogP contribution in [0.1, 0.15) is 17.5 Å². The molecule has 170 valence electrons. The van der Waals surface area contributed by atoms with Gasteiger partial charge in [0.25, 0.3) is 0 Å². The Morgan fingerprint density at radius 3 is 2.75 bits per heavy atom. The first-order valence-corrected chi connectivity index (χ1v) is 11.4. The van der Waals surface area contributed by atoms with Crippen molar-refractivity contribution in [2.24, 2.45) is 0 Å². The average molecular weight is 437 g/mol. The van der Waals surface area contributed by atoms with Crippen LogP contribution in [-0.2, 0) is 22.4 Å². The van der Waals surface area contributed by atoms with E-state index >= 15 is 0 Å². The smallest absolute Gasteiger partial charge is 0.222 e. The van der Waals surface area contributed by atoms with E-state index in [0.29, 0.717) is 12.6 Å². The molecule has 1 unspecified atom stereocenters. The maximum Gasteiger partial charge on any atom is 0.222 e. The van der Waals surface area contributed by atoms with Gasteiger partial charge < -0.3 is 29.9 Å². The lowest BCUT2D eigenvalue weighted by Gasteiger charge is -2.33. The van der Waals surface area contributed by atoms with Crippen molar-refractivity contribution in [2.45, 2.75) is 25.5 Å². The van der Waals surface area contributed by atoms with Crippen LogP contribution in [0, 0.1) is 0 Å². The monoisotopic (exact) mass is 436 g/mol. The highest BCUT2D eigenvalue weighted by Crippen LogP contribution is 2.29. The largest absolute Gasteiger partial charge is 0.474 e. The highest BCUT2D eigenvalue weighted by Gasteiger charge is 2.24. The third-order valence-electron chi connectivity index (χ3n) is 6.61. The number of hydrogen-bond acceptors (Lipinski definition) is 8. The van der Waals surface area contributed by atoms with Crippen LogP contribution in [0.15, 0.2) is 36.7 Å². The van der Waals surface area contributed by atoms with E-state index in [1.54, 1.807) is 0 Å². The molecule has 0 saturated carbocycles. The van der Waals surface area contributed by atoms with Gasteiger partial charge in [0.05, 0.1) is 18.9 Å². The number of nitrogens with zero attached hydrogens (tertiary/aromatic N) is 5. The minimum Gasteiger partial charge on any atom is -0.474 e. The van der Waals surface area contributed by atoms with Crippen LogP contribution in [0.3, 0.4) is 0 Å². The van der Waals surface area contributed by atoms with E-state index < -0.39 is 0 Å². The number of benzene rings is 1. The summed E-state index contributed by atoms with van der Waals surface area (Å²) in [7, 11) is 2.15. The maximum atomic E-state index is 6.10. The molecule has 0 radical (unpaired) electrons. The molecule has 5 rings (SSSR count). The Morgan fingerprint density at radius 1 is 1.12 bits per heavy atom. The summed E-state index contributed by atoms with van der Waals surface area (Å²) in [6.45, 7) is 11.2. The number of nitrogen functional groups attached to an aromatic ring is 1. The molecule has 1 aromatic heterocycles. The molecule has 2 saturated heterocycles. The molecule has 2 fully saturated rings. The molecule has 2 aromatic rings. The molecule has 1 atom stereocenters. The van der Waals surface area contributed by atoms with E-state index in [-0.39, 0.29) is 6.10 Å². The van der Waals surface area contributed by atoms with Crippen molar-refractivity contribution >= 4 is 11.8 Å². The summed E-state index contributed by atoms with van der Waals surface area (Å²) in [4.78, 5) is 15.9. The van der Waals surface area contributed by atoms with Gasteiger partial charge in [-0.3, -0.25) is 0 Å². The first kappa shape index (κ1) is 21.0. The minimum atomic E-state index is 0.118. The molecule has 3 aliphatic rings. The fourth-order valence-electron chi connectivity index (χ4n) is 4.60. The van der Waals surface area contributed by atoms with Gasteiger partial charge in [0.1, 0.15) is 11.9 Å². The second-order valence-electron chi connectivity index (χ2n) is 8.91. The molecule has 32 heavy (non-hydrogen) atoms. The van der Waals surface area contributed by atoms with Gasteiger partial charge in [-0.2, -0.15) is 4.98 Å². The Bertz CT molecular complexity index is 982. The second kappa shape index (κ2) is 8.96. The Labute approximate surface area is 189 Å². The fourth-order valence-corrected chi connectivity index (χ4v) is 4.60. The van der Waals surface area contributed by atoms with Crippen molar-refractivity contribution in [3.05, 3.63) is 47.9 Å². The molecular weight excluding hydrogens is 404 g/mol. The predicted molar refractivity (Wildman–Crippen MR) is 125 cm³/mol. The van der Waals surface area contributed by atoms with Crippen LogP contribution >= 0.6 is 0 Å². The van der Waals surface area contributed by atoms with Gasteiger partial charge in [-0.1, -0.05) is 12.1 Å². The number of ether oxygens (including phenoxy) is 2. The first-order chi connectivity index (χ1) is 15.5. The molecule has 1 aromatic carbocycles.